The fourth-order valence-electron chi connectivity index (χ4n) is 2.28. The minimum atomic E-state index is 0.468. The summed E-state index contributed by atoms with van der Waals surface area (Å²) in [5.74, 6) is 0.887. The van der Waals surface area contributed by atoms with E-state index in [2.05, 4.69) is 24.1 Å². The van der Waals surface area contributed by atoms with Gasteiger partial charge in [0.25, 0.3) is 0 Å². The molecule has 1 aliphatic carbocycles. The first kappa shape index (κ1) is 13.8. The molecule has 18 heavy (non-hydrogen) atoms. The Bertz CT molecular complexity index is 345. The summed E-state index contributed by atoms with van der Waals surface area (Å²) in [7, 11) is 0. The summed E-state index contributed by atoms with van der Waals surface area (Å²) in [6, 6.07) is 0. The maximum Gasteiger partial charge on any atom is 0.182 e. The van der Waals surface area contributed by atoms with Crippen LogP contribution in [0.1, 0.15) is 50.8 Å². The van der Waals surface area contributed by atoms with Gasteiger partial charge in [-0.05, 0) is 38.0 Å². The van der Waals surface area contributed by atoms with E-state index in [0.717, 1.165) is 30.6 Å². The van der Waals surface area contributed by atoms with Gasteiger partial charge < -0.3 is 10.1 Å². The number of hydrogen-bond donors (Lipinski definition) is 1. The predicted molar refractivity (Wildman–Crippen MR) is 77.1 cm³/mol. The molecule has 0 atom stereocenters. The first-order valence-electron chi connectivity index (χ1n) is 7.08. The van der Waals surface area contributed by atoms with Gasteiger partial charge in [0, 0.05) is 12.7 Å². The highest BCUT2D eigenvalue weighted by atomic mass is 32.1. The van der Waals surface area contributed by atoms with E-state index < -0.39 is 0 Å². The molecule has 0 aliphatic heterocycles. The van der Waals surface area contributed by atoms with Gasteiger partial charge in [-0.25, -0.2) is 4.98 Å². The lowest BCUT2D eigenvalue weighted by molar-refractivity contribution is 0.00997. The van der Waals surface area contributed by atoms with E-state index in [1.165, 1.54) is 30.6 Å². The molecule has 1 aromatic heterocycles. The molecule has 0 unspecified atom stereocenters. The molecule has 0 saturated heterocycles. The second kappa shape index (κ2) is 7.10. The van der Waals surface area contributed by atoms with Crippen molar-refractivity contribution in [2.24, 2.45) is 5.92 Å². The van der Waals surface area contributed by atoms with Gasteiger partial charge in [-0.3, -0.25) is 0 Å². The van der Waals surface area contributed by atoms with Crippen molar-refractivity contribution in [1.29, 1.82) is 0 Å². The number of aromatic nitrogens is 1. The topological polar surface area (TPSA) is 34.2 Å². The molecule has 0 amide bonds. The molecule has 1 aliphatic rings. The van der Waals surface area contributed by atoms with Gasteiger partial charge in [-0.2, -0.15) is 0 Å². The van der Waals surface area contributed by atoms with E-state index in [0.29, 0.717) is 6.10 Å². The van der Waals surface area contributed by atoms with Crippen LogP contribution in [0.4, 0.5) is 5.13 Å². The summed E-state index contributed by atoms with van der Waals surface area (Å²) in [4.78, 5) is 5.59. The average molecular weight is 268 g/mol. The van der Waals surface area contributed by atoms with Crippen LogP contribution < -0.4 is 5.32 Å². The van der Waals surface area contributed by atoms with E-state index in [1.54, 1.807) is 11.3 Å². The van der Waals surface area contributed by atoms with Crippen LogP contribution in [0.25, 0.3) is 0 Å². The molecule has 0 spiro atoms. The van der Waals surface area contributed by atoms with Crippen LogP contribution in [0.2, 0.25) is 0 Å². The fraction of sp³-hybridized carbons (Fsp3) is 0.786. The third-order valence-corrected chi connectivity index (χ3v) is 4.43. The molecule has 1 N–H and O–H groups in total. The van der Waals surface area contributed by atoms with Crippen molar-refractivity contribution in [2.45, 2.75) is 58.7 Å². The molecule has 1 aromatic rings. The second-order valence-electron chi connectivity index (χ2n) is 5.25. The van der Waals surface area contributed by atoms with Crippen LogP contribution in [-0.2, 0) is 11.3 Å². The number of nitrogens with one attached hydrogen (secondary N) is 1. The molecule has 1 heterocycles. The standard InChI is InChI=1S/C14H24N2OS/c1-3-8-15-14-16-9-13(18-14)10-17-12-6-4-11(2)5-7-12/h9,11-12H,3-8,10H2,1-2H3,(H,15,16). The Morgan fingerprint density at radius 3 is 2.89 bits per heavy atom. The molecule has 0 aromatic carbocycles. The van der Waals surface area contributed by atoms with Crippen molar-refractivity contribution >= 4 is 16.5 Å². The number of anilines is 1. The number of ether oxygens (including phenoxy) is 1. The van der Waals surface area contributed by atoms with E-state index in [-0.39, 0.29) is 0 Å². The summed E-state index contributed by atoms with van der Waals surface area (Å²) in [5.41, 5.74) is 0. The van der Waals surface area contributed by atoms with Gasteiger partial charge in [0.2, 0.25) is 0 Å². The van der Waals surface area contributed by atoms with Gasteiger partial charge in [-0.15, -0.1) is 0 Å². The average Bonchev–Trinajstić information content (AvgIpc) is 2.84. The molecule has 0 bridgehead atoms. The Balaban J connectivity index is 1.71. The van der Waals surface area contributed by atoms with Crippen LogP contribution in [0.15, 0.2) is 6.20 Å². The molecule has 2 rings (SSSR count). The molecule has 3 nitrogen and oxygen atoms in total. The highest BCUT2D eigenvalue weighted by molar-refractivity contribution is 7.15. The van der Waals surface area contributed by atoms with Crippen LogP contribution in [0, 0.1) is 5.92 Å². The molecule has 4 heteroatoms. The lowest BCUT2D eigenvalue weighted by Crippen LogP contribution is -2.20. The smallest absolute Gasteiger partial charge is 0.182 e. The third kappa shape index (κ3) is 4.25. The Kier molecular flexibility index (Phi) is 5.45. The van der Waals surface area contributed by atoms with Gasteiger partial charge in [0.05, 0.1) is 17.6 Å². The van der Waals surface area contributed by atoms with E-state index >= 15 is 0 Å². The lowest BCUT2D eigenvalue weighted by Gasteiger charge is -2.25. The predicted octanol–water partition coefficient (Wildman–Crippen LogP) is 4.06. The quantitative estimate of drug-likeness (QED) is 0.844. The SMILES string of the molecule is CCCNc1ncc(COC2CCC(C)CC2)s1. The highest BCUT2D eigenvalue weighted by Gasteiger charge is 2.18. The van der Waals surface area contributed by atoms with Gasteiger partial charge in [0.15, 0.2) is 5.13 Å². The van der Waals surface area contributed by atoms with E-state index in [1.807, 2.05) is 6.20 Å². The number of rotatable bonds is 6. The minimum Gasteiger partial charge on any atom is -0.373 e. The Morgan fingerprint density at radius 1 is 1.39 bits per heavy atom. The zero-order valence-electron chi connectivity index (χ0n) is 11.4. The van der Waals surface area contributed by atoms with Gasteiger partial charge >= 0.3 is 0 Å². The van der Waals surface area contributed by atoms with E-state index in [4.69, 9.17) is 4.74 Å². The highest BCUT2D eigenvalue weighted by Crippen LogP contribution is 2.27. The van der Waals surface area contributed by atoms with E-state index in [9.17, 15) is 0 Å². The maximum atomic E-state index is 5.98. The lowest BCUT2D eigenvalue weighted by atomic mass is 9.89. The summed E-state index contributed by atoms with van der Waals surface area (Å²) in [6.45, 7) is 6.22. The largest absolute Gasteiger partial charge is 0.373 e. The van der Waals surface area contributed by atoms with Crippen molar-refractivity contribution in [2.75, 3.05) is 11.9 Å². The zero-order chi connectivity index (χ0) is 12.8. The third-order valence-electron chi connectivity index (χ3n) is 3.50. The summed E-state index contributed by atoms with van der Waals surface area (Å²) < 4.78 is 5.98. The molecular formula is C14H24N2OS. The molecule has 0 radical (unpaired) electrons. The van der Waals surface area contributed by atoms with Gasteiger partial charge in [-0.1, -0.05) is 25.2 Å². The number of hydrogen-bond acceptors (Lipinski definition) is 4. The zero-order valence-corrected chi connectivity index (χ0v) is 12.3. The van der Waals surface area contributed by atoms with Crippen LogP contribution >= 0.6 is 11.3 Å². The number of thiazole rings is 1. The molecular weight excluding hydrogens is 244 g/mol. The Hall–Kier alpha value is -0.610. The molecule has 102 valence electrons. The van der Waals surface area contributed by atoms with Crippen molar-refractivity contribution in [3.63, 3.8) is 0 Å². The number of nitrogens with zero attached hydrogens (tertiary/aromatic N) is 1. The van der Waals surface area contributed by atoms with Crippen LogP contribution in [0.5, 0.6) is 0 Å². The summed E-state index contributed by atoms with van der Waals surface area (Å²) in [6.07, 6.45) is 8.62. The first-order valence-corrected chi connectivity index (χ1v) is 7.89. The van der Waals surface area contributed by atoms with Gasteiger partial charge in [0.1, 0.15) is 0 Å². The summed E-state index contributed by atoms with van der Waals surface area (Å²) in [5, 5.41) is 4.33. The molecule has 1 fully saturated rings. The summed E-state index contributed by atoms with van der Waals surface area (Å²) >= 11 is 1.71. The minimum absolute atomic E-state index is 0.468. The van der Waals surface area contributed by atoms with Crippen LogP contribution in [-0.4, -0.2) is 17.6 Å². The van der Waals surface area contributed by atoms with Crippen molar-refractivity contribution < 1.29 is 4.74 Å². The second-order valence-corrected chi connectivity index (χ2v) is 6.37. The molecule has 1 saturated carbocycles. The fourth-order valence-corrected chi connectivity index (χ4v) is 3.04. The van der Waals surface area contributed by atoms with Crippen molar-refractivity contribution in [3.05, 3.63) is 11.1 Å². The maximum absolute atomic E-state index is 5.98. The first-order chi connectivity index (χ1) is 8.78. The Labute approximate surface area is 114 Å². The normalized spacial score (nSPS) is 24.1. The van der Waals surface area contributed by atoms with Crippen molar-refractivity contribution in [1.82, 2.24) is 4.98 Å². The van der Waals surface area contributed by atoms with Crippen LogP contribution in [0.3, 0.4) is 0 Å². The monoisotopic (exact) mass is 268 g/mol. The van der Waals surface area contributed by atoms with Crippen molar-refractivity contribution in [3.8, 4) is 0 Å². The Morgan fingerprint density at radius 2 is 2.17 bits per heavy atom.